The van der Waals surface area contributed by atoms with Crippen molar-refractivity contribution >= 4 is 11.6 Å². The predicted octanol–water partition coefficient (Wildman–Crippen LogP) is 4.01. The number of nitrogens with one attached hydrogen (secondary N) is 1. The van der Waals surface area contributed by atoms with Gasteiger partial charge in [-0.15, -0.1) is 0 Å². The van der Waals surface area contributed by atoms with Crippen molar-refractivity contribution in [3.63, 3.8) is 0 Å². The first-order valence-corrected chi connectivity index (χ1v) is 6.81. The highest BCUT2D eigenvalue weighted by atomic mass is 35.5. The summed E-state index contributed by atoms with van der Waals surface area (Å²) in [5.41, 5.74) is 1.13. The molecule has 0 amide bonds. The molecule has 0 fully saturated rings. The lowest BCUT2D eigenvalue weighted by atomic mass is 10.2. The van der Waals surface area contributed by atoms with Crippen LogP contribution < -0.4 is 10.1 Å². The second-order valence-electron chi connectivity index (χ2n) is 4.30. The molecule has 102 valence electrons. The summed E-state index contributed by atoms with van der Waals surface area (Å²) >= 11 is 6.17. The minimum atomic E-state index is 0.658. The van der Waals surface area contributed by atoms with E-state index >= 15 is 0 Å². The van der Waals surface area contributed by atoms with E-state index in [-0.39, 0.29) is 0 Å². The largest absolute Gasteiger partial charge is 0.492 e. The Labute approximate surface area is 118 Å². The van der Waals surface area contributed by atoms with Gasteiger partial charge >= 0.3 is 0 Å². The van der Waals surface area contributed by atoms with Crippen LogP contribution >= 0.6 is 11.6 Å². The first kappa shape index (κ1) is 14.0. The number of halogens is 1. The van der Waals surface area contributed by atoms with Gasteiger partial charge in [-0.25, -0.2) is 0 Å². The second-order valence-corrected chi connectivity index (χ2v) is 4.70. The molecule has 1 aromatic heterocycles. The summed E-state index contributed by atoms with van der Waals surface area (Å²) in [6, 6.07) is 9.70. The standard InChI is InChI=1S/C15H18ClNO2/c1-2-7-19-15-6-5-12(9-14(15)16)10-17-11-13-4-3-8-18-13/h3-6,8-9,17H,2,7,10-11H2,1H3. The average Bonchev–Trinajstić information content (AvgIpc) is 2.91. The van der Waals surface area contributed by atoms with E-state index in [0.717, 1.165) is 30.0 Å². The SMILES string of the molecule is CCCOc1ccc(CNCc2ccco2)cc1Cl. The quantitative estimate of drug-likeness (QED) is 0.831. The lowest BCUT2D eigenvalue weighted by Crippen LogP contribution is -2.12. The Morgan fingerprint density at radius 3 is 2.84 bits per heavy atom. The molecule has 0 bridgehead atoms. The highest BCUT2D eigenvalue weighted by molar-refractivity contribution is 6.32. The van der Waals surface area contributed by atoms with Gasteiger partial charge in [-0.2, -0.15) is 0 Å². The zero-order chi connectivity index (χ0) is 13.5. The lowest BCUT2D eigenvalue weighted by Gasteiger charge is -2.09. The van der Waals surface area contributed by atoms with Crippen LogP contribution in [-0.2, 0) is 13.1 Å². The molecule has 1 heterocycles. The van der Waals surface area contributed by atoms with Crippen LogP contribution in [0.2, 0.25) is 5.02 Å². The molecule has 2 rings (SSSR count). The van der Waals surface area contributed by atoms with Crippen LogP contribution in [0.1, 0.15) is 24.7 Å². The fourth-order valence-corrected chi connectivity index (χ4v) is 1.98. The molecule has 0 aliphatic heterocycles. The Hall–Kier alpha value is -1.45. The molecule has 0 unspecified atom stereocenters. The fourth-order valence-electron chi connectivity index (χ4n) is 1.73. The van der Waals surface area contributed by atoms with E-state index in [4.69, 9.17) is 20.8 Å². The van der Waals surface area contributed by atoms with Crippen molar-refractivity contribution in [1.82, 2.24) is 5.32 Å². The minimum absolute atomic E-state index is 0.658. The molecule has 3 nitrogen and oxygen atoms in total. The Morgan fingerprint density at radius 2 is 2.16 bits per heavy atom. The molecule has 4 heteroatoms. The molecule has 0 aliphatic rings. The maximum atomic E-state index is 6.17. The van der Waals surface area contributed by atoms with Crippen molar-refractivity contribution in [2.24, 2.45) is 0 Å². The summed E-state index contributed by atoms with van der Waals surface area (Å²) in [6.07, 6.45) is 2.65. The normalized spacial score (nSPS) is 10.6. The van der Waals surface area contributed by atoms with Gasteiger partial charge in [0.25, 0.3) is 0 Å². The number of hydrogen-bond acceptors (Lipinski definition) is 3. The Bertz CT molecular complexity index is 497. The van der Waals surface area contributed by atoms with Crippen LogP contribution in [0.5, 0.6) is 5.75 Å². The van der Waals surface area contributed by atoms with Crippen LogP contribution in [0.4, 0.5) is 0 Å². The van der Waals surface area contributed by atoms with Gasteiger partial charge in [0.05, 0.1) is 24.4 Å². The summed E-state index contributed by atoms with van der Waals surface area (Å²) in [5, 5.41) is 3.96. The van der Waals surface area contributed by atoms with Crippen molar-refractivity contribution in [3.8, 4) is 5.75 Å². The second kappa shape index (κ2) is 7.22. The number of benzene rings is 1. The van der Waals surface area contributed by atoms with Crippen molar-refractivity contribution in [1.29, 1.82) is 0 Å². The molecule has 1 aromatic carbocycles. The van der Waals surface area contributed by atoms with Gasteiger partial charge in [-0.05, 0) is 36.2 Å². The molecule has 0 spiro atoms. The zero-order valence-electron chi connectivity index (χ0n) is 11.0. The molecule has 0 aliphatic carbocycles. The van der Waals surface area contributed by atoms with Gasteiger partial charge in [0.15, 0.2) is 0 Å². The molecular weight excluding hydrogens is 262 g/mol. The Morgan fingerprint density at radius 1 is 1.26 bits per heavy atom. The monoisotopic (exact) mass is 279 g/mol. The predicted molar refractivity (Wildman–Crippen MR) is 76.5 cm³/mol. The summed E-state index contributed by atoms with van der Waals surface area (Å²) < 4.78 is 10.8. The van der Waals surface area contributed by atoms with E-state index in [2.05, 4.69) is 12.2 Å². The summed E-state index contributed by atoms with van der Waals surface area (Å²) in [5.74, 6) is 1.67. The van der Waals surface area contributed by atoms with Crippen molar-refractivity contribution in [2.45, 2.75) is 26.4 Å². The molecular formula is C15H18ClNO2. The number of furan rings is 1. The van der Waals surface area contributed by atoms with Crippen LogP contribution in [0.15, 0.2) is 41.0 Å². The van der Waals surface area contributed by atoms with Crippen molar-refractivity contribution < 1.29 is 9.15 Å². The Balaban J connectivity index is 1.85. The van der Waals surface area contributed by atoms with Gasteiger partial charge in [0, 0.05) is 6.54 Å². The van der Waals surface area contributed by atoms with Crippen molar-refractivity contribution in [3.05, 3.63) is 52.9 Å². The van der Waals surface area contributed by atoms with Crippen LogP contribution in [0.25, 0.3) is 0 Å². The zero-order valence-corrected chi connectivity index (χ0v) is 11.7. The third-order valence-electron chi connectivity index (χ3n) is 2.67. The topological polar surface area (TPSA) is 34.4 Å². The number of ether oxygens (including phenoxy) is 1. The van der Waals surface area contributed by atoms with E-state index in [1.54, 1.807) is 6.26 Å². The summed E-state index contributed by atoms with van der Waals surface area (Å²) in [7, 11) is 0. The van der Waals surface area contributed by atoms with Gasteiger partial charge < -0.3 is 14.5 Å². The molecule has 0 saturated heterocycles. The third-order valence-corrected chi connectivity index (χ3v) is 2.96. The summed E-state index contributed by atoms with van der Waals surface area (Å²) in [6.45, 7) is 4.21. The number of rotatable bonds is 7. The van der Waals surface area contributed by atoms with E-state index in [9.17, 15) is 0 Å². The van der Waals surface area contributed by atoms with Crippen LogP contribution in [-0.4, -0.2) is 6.61 Å². The van der Waals surface area contributed by atoms with Gasteiger partial charge in [0.2, 0.25) is 0 Å². The van der Waals surface area contributed by atoms with Gasteiger partial charge in [-0.1, -0.05) is 24.6 Å². The van der Waals surface area contributed by atoms with Crippen LogP contribution in [0.3, 0.4) is 0 Å². The maximum absolute atomic E-state index is 6.17. The van der Waals surface area contributed by atoms with Crippen LogP contribution in [0, 0.1) is 0 Å². The fraction of sp³-hybridized carbons (Fsp3) is 0.333. The van der Waals surface area contributed by atoms with E-state index in [0.29, 0.717) is 18.2 Å². The van der Waals surface area contributed by atoms with E-state index in [1.807, 2.05) is 30.3 Å². The minimum Gasteiger partial charge on any atom is -0.492 e. The molecule has 1 N–H and O–H groups in total. The smallest absolute Gasteiger partial charge is 0.137 e. The molecule has 2 aromatic rings. The number of hydrogen-bond donors (Lipinski definition) is 1. The average molecular weight is 280 g/mol. The highest BCUT2D eigenvalue weighted by Gasteiger charge is 2.03. The van der Waals surface area contributed by atoms with Gasteiger partial charge in [0.1, 0.15) is 11.5 Å². The lowest BCUT2D eigenvalue weighted by molar-refractivity contribution is 0.317. The molecule has 0 saturated carbocycles. The van der Waals surface area contributed by atoms with E-state index < -0.39 is 0 Å². The first-order valence-electron chi connectivity index (χ1n) is 6.44. The first-order chi connectivity index (χ1) is 9.29. The Kier molecular flexibility index (Phi) is 5.31. The summed E-state index contributed by atoms with van der Waals surface area (Å²) in [4.78, 5) is 0. The van der Waals surface area contributed by atoms with Crippen molar-refractivity contribution in [2.75, 3.05) is 6.61 Å². The molecule has 19 heavy (non-hydrogen) atoms. The maximum Gasteiger partial charge on any atom is 0.137 e. The molecule has 0 atom stereocenters. The van der Waals surface area contributed by atoms with Gasteiger partial charge in [-0.3, -0.25) is 0 Å². The molecule has 0 radical (unpaired) electrons. The van der Waals surface area contributed by atoms with E-state index in [1.165, 1.54) is 0 Å². The third kappa shape index (κ3) is 4.30. The highest BCUT2D eigenvalue weighted by Crippen LogP contribution is 2.25.